The number of carbonyl (C=O) groups is 1. The molecule has 2 fully saturated rings. The molecule has 2 aliphatic rings. The summed E-state index contributed by atoms with van der Waals surface area (Å²) in [6.45, 7) is 1.04. The Hall–Kier alpha value is -1.65. The Morgan fingerprint density at radius 2 is 2.22 bits per heavy atom. The van der Waals surface area contributed by atoms with Crippen LogP contribution in [0.1, 0.15) is 12.8 Å². The molecule has 0 radical (unpaired) electrons. The smallest absolute Gasteiger partial charge is 0.308 e. The normalized spacial score (nSPS) is 27.5. The van der Waals surface area contributed by atoms with Crippen molar-refractivity contribution < 1.29 is 14.3 Å². The van der Waals surface area contributed by atoms with E-state index >= 15 is 0 Å². The zero-order valence-corrected chi connectivity index (χ0v) is 9.92. The van der Waals surface area contributed by atoms with E-state index in [2.05, 4.69) is 4.98 Å². The van der Waals surface area contributed by atoms with Gasteiger partial charge in [0, 0.05) is 19.3 Å². The van der Waals surface area contributed by atoms with E-state index in [4.69, 9.17) is 0 Å². The minimum absolute atomic E-state index is 0.162. The SMILES string of the molecule is O=C(O)[C@@H]1CN(c2ccncc2F)C[C@H]1C1CC1. The van der Waals surface area contributed by atoms with Gasteiger partial charge in [0.2, 0.25) is 0 Å². The highest BCUT2D eigenvalue weighted by molar-refractivity contribution is 5.73. The van der Waals surface area contributed by atoms with Gasteiger partial charge in [0.25, 0.3) is 0 Å². The molecule has 5 heteroatoms. The van der Waals surface area contributed by atoms with Gasteiger partial charge >= 0.3 is 5.97 Å². The van der Waals surface area contributed by atoms with E-state index in [1.165, 1.54) is 6.20 Å². The van der Waals surface area contributed by atoms with Gasteiger partial charge in [0.15, 0.2) is 5.82 Å². The number of hydrogen-bond donors (Lipinski definition) is 1. The zero-order chi connectivity index (χ0) is 12.7. The van der Waals surface area contributed by atoms with Crippen LogP contribution in [0, 0.1) is 23.6 Å². The first-order valence-electron chi connectivity index (χ1n) is 6.24. The van der Waals surface area contributed by atoms with Gasteiger partial charge in [-0.3, -0.25) is 9.78 Å². The van der Waals surface area contributed by atoms with Gasteiger partial charge in [-0.05, 0) is 30.7 Å². The number of rotatable bonds is 3. The standard InChI is InChI=1S/C13H15FN2O2/c14-11-5-15-4-3-12(11)16-6-9(8-1-2-8)10(7-16)13(17)18/h3-5,8-10H,1-2,6-7H2,(H,17,18)/t9-,10+/m0/s1. The minimum atomic E-state index is -0.760. The molecule has 3 rings (SSSR count). The molecule has 96 valence electrons. The van der Waals surface area contributed by atoms with Crippen LogP contribution in [0.5, 0.6) is 0 Å². The molecule has 1 aliphatic heterocycles. The van der Waals surface area contributed by atoms with E-state index < -0.39 is 5.97 Å². The Labute approximate surface area is 104 Å². The third-order valence-electron chi connectivity index (χ3n) is 4.00. The molecular formula is C13H15FN2O2. The van der Waals surface area contributed by atoms with Crippen LogP contribution in [-0.2, 0) is 4.79 Å². The van der Waals surface area contributed by atoms with E-state index in [1.54, 1.807) is 12.3 Å². The van der Waals surface area contributed by atoms with Crippen molar-refractivity contribution in [2.45, 2.75) is 12.8 Å². The molecule has 0 aromatic carbocycles. The van der Waals surface area contributed by atoms with Gasteiger partial charge < -0.3 is 10.0 Å². The molecule has 1 saturated heterocycles. The number of anilines is 1. The summed E-state index contributed by atoms with van der Waals surface area (Å²) < 4.78 is 13.7. The van der Waals surface area contributed by atoms with E-state index in [1.807, 2.05) is 4.90 Å². The minimum Gasteiger partial charge on any atom is -0.481 e. The number of carboxylic acids is 1. The molecule has 1 aromatic heterocycles. The molecule has 1 N–H and O–H groups in total. The van der Waals surface area contributed by atoms with Crippen LogP contribution in [0.25, 0.3) is 0 Å². The highest BCUT2D eigenvalue weighted by Crippen LogP contribution is 2.45. The van der Waals surface area contributed by atoms with Gasteiger partial charge in [0.1, 0.15) is 0 Å². The fourth-order valence-corrected chi connectivity index (χ4v) is 2.91. The maximum absolute atomic E-state index is 13.7. The molecule has 4 nitrogen and oxygen atoms in total. The van der Waals surface area contributed by atoms with Crippen LogP contribution >= 0.6 is 0 Å². The zero-order valence-electron chi connectivity index (χ0n) is 9.92. The number of aromatic nitrogens is 1. The Morgan fingerprint density at radius 1 is 1.44 bits per heavy atom. The molecule has 18 heavy (non-hydrogen) atoms. The lowest BCUT2D eigenvalue weighted by Gasteiger charge is -2.18. The van der Waals surface area contributed by atoms with Crippen molar-refractivity contribution in [1.82, 2.24) is 4.98 Å². The van der Waals surface area contributed by atoms with Crippen molar-refractivity contribution >= 4 is 11.7 Å². The summed E-state index contributed by atoms with van der Waals surface area (Å²) in [5.74, 6) is -0.830. The van der Waals surface area contributed by atoms with Crippen molar-refractivity contribution in [3.63, 3.8) is 0 Å². The number of carboxylic acid groups (broad SMARTS) is 1. The Bertz CT molecular complexity index is 476. The fourth-order valence-electron chi connectivity index (χ4n) is 2.91. The molecule has 0 unspecified atom stereocenters. The number of aliphatic carboxylic acids is 1. The lowest BCUT2D eigenvalue weighted by molar-refractivity contribution is -0.142. The number of halogens is 1. The van der Waals surface area contributed by atoms with E-state index in [9.17, 15) is 14.3 Å². The van der Waals surface area contributed by atoms with Gasteiger partial charge in [-0.1, -0.05) is 0 Å². The Kier molecular flexibility index (Phi) is 2.69. The Morgan fingerprint density at radius 3 is 2.83 bits per heavy atom. The van der Waals surface area contributed by atoms with Gasteiger partial charge in [-0.15, -0.1) is 0 Å². The molecule has 0 spiro atoms. The summed E-state index contributed by atoms with van der Waals surface area (Å²) in [5.41, 5.74) is 0.472. The highest BCUT2D eigenvalue weighted by atomic mass is 19.1. The molecule has 1 saturated carbocycles. The number of pyridine rings is 1. The van der Waals surface area contributed by atoms with E-state index in [-0.39, 0.29) is 17.7 Å². The van der Waals surface area contributed by atoms with Crippen LogP contribution in [0.15, 0.2) is 18.5 Å². The number of hydrogen-bond acceptors (Lipinski definition) is 3. The summed E-state index contributed by atoms with van der Waals surface area (Å²) in [7, 11) is 0. The van der Waals surface area contributed by atoms with Crippen LogP contribution in [-0.4, -0.2) is 29.1 Å². The van der Waals surface area contributed by atoms with E-state index in [0.29, 0.717) is 24.7 Å². The van der Waals surface area contributed by atoms with Gasteiger partial charge in [0.05, 0.1) is 17.8 Å². The van der Waals surface area contributed by atoms with Crippen LogP contribution in [0.2, 0.25) is 0 Å². The quantitative estimate of drug-likeness (QED) is 0.888. The van der Waals surface area contributed by atoms with Crippen molar-refractivity contribution in [1.29, 1.82) is 0 Å². The van der Waals surface area contributed by atoms with Gasteiger partial charge in [-0.25, -0.2) is 4.39 Å². The summed E-state index contributed by atoms with van der Waals surface area (Å²) >= 11 is 0. The predicted octanol–water partition coefficient (Wildman–Crippen LogP) is 1.77. The second-order valence-corrected chi connectivity index (χ2v) is 5.18. The molecule has 0 amide bonds. The molecular weight excluding hydrogens is 235 g/mol. The fraction of sp³-hybridized carbons (Fsp3) is 0.538. The lowest BCUT2D eigenvalue weighted by atomic mass is 9.92. The average Bonchev–Trinajstić information content (AvgIpc) is 3.09. The maximum atomic E-state index is 13.7. The van der Waals surface area contributed by atoms with Crippen LogP contribution < -0.4 is 4.90 Å². The first-order chi connectivity index (χ1) is 8.66. The Balaban J connectivity index is 1.83. The predicted molar refractivity (Wildman–Crippen MR) is 63.7 cm³/mol. The van der Waals surface area contributed by atoms with E-state index in [0.717, 1.165) is 12.8 Å². The number of nitrogens with zero attached hydrogens (tertiary/aromatic N) is 2. The summed E-state index contributed by atoms with van der Waals surface area (Å²) in [4.78, 5) is 16.8. The summed E-state index contributed by atoms with van der Waals surface area (Å²) in [5, 5.41) is 9.26. The topological polar surface area (TPSA) is 53.4 Å². The lowest BCUT2D eigenvalue weighted by Crippen LogP contribution is -2.24. The van der Waals surface area contributed by atoms with Crippen molar-refractivity contribution in [3.8, 4) is 0 Å². The summed E-state index contributed by atoms with van der Waals surface area (Å²) in [6, 6.07) is 1.61. The largest absolute Gasteiger partial charge is 0.481 e. The monoisotopic (exact) mass is 250 g/mol. The van der Waals surface area contributed by atoms with Crippen molar-refractivity contribution in [3.05, 3.63) is 24.3 Å². The van der Waals surface area contributed by atoms with Gasteiger partial charge in [-0.2, -0.15) is 0 Å². The molecule has 2 heterocycles. The van der Waals surface area contributed by atoms with Crippen LogP contribution in [0.3, 0.4) is 0 Å². The first kappa shape index (κ1) is 11.4. The molecule has 2 atom stereocenters. The second-order valence-electron chi connectivity index (χ2n) is 5.18. The van der Waals surface area contributed by atoms with Crippen molar-refractivity contribution in [2.24, 2.45) is 17.8 Å². The highest BCUT2D eigenvalue weighted by Gasteiger charge is 2.46. The third-order valence-corrected chi connectivity index (χ3v) is 4.00. The average molecular weight is 250 g/mol. The second kappa shape index (κ2) is 4.23. The van der Waals surface area contributed by atoms with Crippen LogP contribution in [0.4, 0.5) is 10.1 Å². The van der Waals surface area contributed by atoms with Crippen molar-refractivity contribution in [2.75, 3.05) is 18.0 Å². The molecule has 0 bridgehead atoms. The third kappa shape index (κ3) is 1.94. The molecule has 1 aliphatic carbocycles. The summed E-state index contributed by atoms with van der Waals surface area (Å²) in [6.07, 6.45) is 4.94. The molecule has 1 aromatic rings. The maximum Gasteiger partial charge on any atom is 0.308 e. The first-order valence-corrected chi connectivity index (χ1v) is 6.24.